The molecule has 0 aliphatic carbocycles. The van der Waals surface area contributed by atoms with Crippen LogP contribution in [-0.4, -0.2) is 23.7 Å². The molecule has 0 saturated heterocycles. The maximum absolute atomic E-state index is 11.4. The molecule has 1 N–H and O–H groups in total. The minimum Gasteiger partial charge on any atom is -0.483 e. The Morgan fingerprint density at radius 2 is 2.29 bits per heavy atom. The number of amides is 1. The third-order valence-electron chi connectivity index (χ3n) is 2.32. The molecule has 0 fully saturated rings. The first-order valence-corrected chi connectivity index (χ1v) is 5.88. The van der Waals surface area contributed by atoms with Crippen LogP contribution in [-0.2, 0) is 4.79 Å². The smallest absolute Gasteiger partial charge is 0.277 e. The van der Waals surface area contributed by atoms with Crippen LogP contribution in [0.2, 0.25) is 0 Å². The second-order valence-electron chi connectivity index (χ2n) is 3.85. The SMILES string of the molecule is O=C(COc1cccc([N+](=O)[O-])c1)N/N=C\c1ccco1. The van der Waals surface area contributed by atoms with Crippen molar-refractivity contribution in [2.75, 3.05) is 6.61 Å². The molecule has 21 heavy (non-hydrogen) atoms. The number of nitrogens with one attached hydrogen (secondary N) is 1. The lowest BCUT2D eigenvalue weighted by Gasteiger charge is -2.04. The molecule has 0 aliphatic heterocycles. The molecule has 1 aromatic carbocycles. The van der Waals surface area contributed by atoms with Crippen molar-refractivity contribution in [3.63, 3.8) is 0 Å². The lowest BCUT2D eigenvalue weighted by atomic mass is 10.3. The number of furan rings is 1. The van der Waals surface area contributed by atoms with E-state index < -0.39 is 10.8 Å². The minimum absolute atomic E-state index is 0.108. The molecule has 0 spiro atoms. The molecule has 0 radical (unpaired) electrons. The molecular weight excluding hydrogens is 278 g/mol. The van der Waals surface area contributed by atoms with Gasteiger partial charge in [-0.2, -0.15) is 5.10 Å². The van der Waals surface area contributed by atoms with E-state index in [1.54, 1.807) is 12.1 Å². The van der Waals surface area contributed by atoms with Crippen molar-refractivity contribution < 1.29 is 18.9 Å². The molecule has 1 aromatic heterocycles. The van der Waals surface area contributed by atoms with Crippen LogP contribution in [0.4, 0.5) is 5.69 Å². The quantitative estimate of drug-likeness (QED) is 0.495. The zero-order valence-electron chi connectivity index (χ0n) is 10.8. The second kappa shape index (κ2) is 6.85. The van der Waals surface area contributed by atoms with Gasteiger partial charge in [0.1, 0.15) is 11.5 Å². The van der Waals surface area contributed by atoms with Crippen molar-refractivity contribution in [1.29, 1.82) is 0 Å². The Bertz CT molecular complexity index is 652. The van der Waals surface area contributed by atoms with Gasteiger partial charge in [-0.1, -0.05) is 6.07 Å². The largest absolute Gasteiger partial charge is 0.483 e. The number of nitro benzene ring substituents is 1. The van der Waals surface area contributed by atoms with E-state index >= 15 is 0 Å². The number of carbonyl (C=O) groups excluding carboxylic acids is 1. The van der Waals surface area contributed by atoms with Crippen molar-refractivity contribution in [2.45, 2.75) is 0 Å². The number of rotatable bonds is 6. The number of ether oxygens (including phenoxy) is 1. The van der Waals surface area contributed by atoms with Crippen molar-refractivity contribution in [2.24, 2.45) is 5.10 Å². The van der Waals surface area contributed by atoms with Gasteiger partial charge in [0, 0.05) is 6.07 Å². The number of nitro groups is 1. The van der Waals surface area contributed by atoms with Crippen molar-refractivity contribution in [3.05, 3.63) is 58.5 Å². The summed E-state index contributed by atoms with van der Waals surface area (Å²) < 4.78 is 10.1. The topological polar surface area (TPSA) is 107 Å². The van der Waals surface area contributed by atoms with Gasteiger partial charge in [0.15, 0.2) is 6.61 Å². The van der Waals surface area contributed by atoms with Gasteiger partial charge in [-0.05, 0) is 18.2 Å². The van der Waals surface area contributed by atoms with E-state index in [1.165, 1.54) is 36.7 Å². The van der Waals surface area contributed by atoms with E-state index in [0.29, 0.717) is 5.76 Å². The van der Waals surface area contributed by atoms with Crippen LogP contribution in [0.5, 0.6) is 5.75 Å². The number of hydrogen-bond donors (Lipinski definition) is 1. The van der Waals surface area contributed by atoms with Gasteiger partial charge >= 0.3 is 0 Å². The molecule has 8 nitrogen and oxygen atoms in total. The zero-order chi connectivity index (χ0) is 15.1. The van der Waals surface area contributed by atoms with Crippen LogP contribution < -0.4 is 10.2 Å². The molecule has 108 valence electrons. The first kappa shape index (κ1) is 14.3. The van der Waals surface area contributed by atoms with Crippen LogP contribution in [0, 0.1) is 10.1 Å². The third-order valence-corrected chi connectivity index (χ3v) is 2.32. The molecule has 1 amide bonds. The van der Waals surface area contributed by atoms with Crippen LogP contribution in [0.1, 0.15) is 5.76 Å². The predicted octanol–water partition coefficient (Wildman–Crippen LogP) is 1.72. The van der Waals surface area contributed by atoms with E-state index in [0.717, 1.165) is 0 Å². The first-order chi connectivity index (χ1) is 10.1. The molecule has 0 aliphatic rings. The van der Waals surface area contributed by atoms with Crippen LogP contribution in [0.3, 0.4) is 0 Å². The number of non-ortho nitro benzene ring substituents is 1. The Labute approximate surface area is 119 Å². The molecule has 0 unspecified atom stereocenters. The number of benzene rings is 1. The van der Waals surface area contributed by atoms with Crippen molar-refractivity contribution in [3.8, 4) is 5.75 Å². The average Bonchev–Trinajstić information content (AvgIpc) is 2.99. The van der Waals surface area contributed by atoms with Gasteiger partial charge in [-0.15, -0.1) is 0 Å². The summed E-state index contributed by atoms with van der Waals surface area (Å²) in [4.78, 5) is 21.5. The van der Waals surface area contributed by atoms with Gasteiger partial charge in [-0.25, -0.2) is 5.43 Å². The maximum atomic E-state index is 11.4. The summed E-state index contributed by atoms with van der Waals surface area (Å²) >= 11 is 0. The molecule has 0 atom stereocenters. The molecule has 2 rings (SSSR count). The number of hydrazone groups is 1. The summed E-state index contributed by atoms with van der Waals surface area (Å²) in [7, 11) is 0. The third kappa shape index (κ3) is 4.46. The number of hydrogen-bond acceptors (Lipinski definition) is 6. The van der Waals surface area contributed by atoms with Gasteiger partial charge in [-0.3, -0.25) is 14.9 Å². The second-order valence-corrected chi connectivity index (χ2v) is 3.85. The fourth-order valence-electron chi connectivity index (χ4n) is 1.40. The molecule has 0 bridgehead atoms. The van der Waals surface area contributed by atoms with Crippen molar-refractivity contribution >= 4 is 17.8 Å². The summed E-state index contributed by atoms with van der Waals surface area (Å²) in [5.74, 6) is 0.230. The standard InChI is InChI=1S/C13H11N3O5/c17-13(15-14-8-12-5-2-6-20-12)9-21-11-4-1-3-10(7-11)16(18)19/h1-8H,9H2,(H,15,17)/b14-8-. The van der Waals surface area contributed by atoms with Gasteiger partial charge < -0.3 is 9.15 Å². The Kier molecular flexibility index (Phi) is 4.65. The monoisotopic (exact) mass is 289 g/mol. The molecule has 2 aromatic rings. The number of nitrogens with zero attached hydrogens (tertiary/aromatic N) is 2. The zero-order valence-corrected chi connectivity index (χ0v) is 10.8. The van der Waals surface area contributed by atoms with Crippen molar-refractivity contribution in [1.82, 2.24) is 5.43 Å². The van der Waals surface area contributed by atoms with E-state index in [-0.39, 0.29) is 18.0 Å². The lowest BCUT2D eigenvalue weighted by molar-refractivity contribution is -0.384. The molecular formula is C13H11N3O5. The van der Waals surface area contributed by atoms with Gasteiger partial charge in [0.25, 0.3) is 11.6 Å². The Balaban J connectivity index is 1.81. The van der Waals surface area contributed by atoms with E-state index in [4.69, 9.17) is 9.15 Å². The highest BCUT2D eigenvalue weighted by Gasteiger charge is 2.07. The first-order valence-electron chi connectivity index (χ1n) is 5.88. The fourth-order valence-corrected chi connectivity index (χ4v) is 1.40. The summed E-state index contributed by atoms with van der Waals surface area (Å²) in [5.41, 5.74) is 2.13. The van der Waals surface area contributed by atoms with E-state index in [9.17, 15) is 14.9 Å². The Morgan fingerprint density at radius 3 is 3.00 bits per heavy atom. The summed E-state index contributed by atoms with van der Waals surface area (Å²) in [6.45, 7) is -0.309. The molecule has 1 heterocycles. The minimum atomic E-state index is -0.541. The summed E-state index contributed by atoms with van der Waals surface area (Å²) in [6.07, 6.45) is 2.82. The normalized spacial score (nSPS) is 10.5. The Hall–Kier alpha value is -3.16. The molecule has 0 saturated carbocycles. The lowest BCUT2D eigenvalue weighted by Crippen LogP contribution is -2.24. The molecule has 8 heteroatoms. The van der Waals surface area contributed by atoms with E-state index in [1.807, 2.05) is 0 Å². The number of carbonyl (C=O) groups is 1. The maximum Gasteiger partial charge on any atom is 0.277 e. The highest BCUT2D eigenvalue weighted by Crippen LogP contribution is 2.18. The summed E-state index contributed by atoms with van der Waals surface area (Å²) in [5, 5.41) is 14.3. The highest BCUT2D eigenvalue weighted by atomic mass is 16.6. The Morgan fingerprint density at radius 1 is 1.43 bits per heavy atom. The van der Waals surface area contributed by atoms with Crippen LogP contribution >= 0.6 is 0 Å². The van der Waals surface area contributed by atoms with Gasteiger partial charge in [0.05, 0.1) is 23.5 Å². The fraction of sp³-hybridized carbons (Fsp3) is 0.0769. The van der Waals surface area contributed by atoms with Gasteiger partial charge in [0.2, 0.25) is 0 Å². The summed E-state index contributed by atoms with van der Waals surface area (Å²) in [6, 6.07) is 8.93. The highest BCUT2D eigenvalue weighted by molar-refractivity contribution is 5.81. The van der Waals surface area contributed by atoms with Crippen LogP contribution in [0.15, 0.2) is 52.2 Å². The average molecular weight is 289 g/mol. The van der Waals surface area contributed by atoms with E-state index in [2.05, 4.69) is 10.5 Å². The van der Waals surface area contributed by atoms with Crippen LogP contribution in [0.25, 0.3) is 0 Å². The predicted molar refractivity (Wildman–Crippen MR) is 73.0 cm³/mol.